The quantitative estimate of drug-likeness (QED) is 0.635. The van der Waals surface area contributed by atoms with E-state index in [0.29, 0.717) is 17.4 Å². The Morgan fingerprint density at radius 3 is 3.00 bits per heavy atom. The number of aldehydes is 1. The van der Waals surface area contributed by atoms with E-state index < -0.39 is 0 Å². The van der Waals surface area contributed by atoms with Crippen molar-refractivity contribution < 1.29 is 4.79 Å². The molecule has 74 valence electrons. The standard InChI is InChI=1S/C12H15NO/c1-8-3-4-11-5-10(7-14)6-13-12(11)9(8)2/h5-9H,3-4H2,1-2H3. The van der Waals surface area contributed by atoms with Crippen LogP contribution in [-0.2, 0) is 6.42 Å². The third-order valence-electron chi connectivity index (χ3n) is 3.31. The van der Waals surface area contributed by atoms with Gasteiger partial charge in [-0.25, -0.2) is 0 Å². The Kier molecular flexibility index (Phi) is 2.36. The first-order chi connectivity index (χ1) is 6.72. The van der Waals surface area contributed by atoms with Crippen molar-refractivity contribution in [2.45, 2.75) is 32.6 Å². The molecule has 0 aromatic carbocycles. The molecule has 0 saturated heterocycles. The Bertz CT molecular complexity index is 359. The van der Waals surface area contributed by atoms with Crippen LogP contribution in [0, 0.1) is 5.92 Å². The van der Waals surface area contributed by atoms with Crippen molar-refractivity contribution in [2.75, 3.05) is 0 Å². The van der Waals surface area contributed by atoms with Gasteiger partial charge in [-0.2, -0.15) is 0 Å². The molecule has 1 aromatic heterocycles. The summed E-state index contributed by atoms with van der Waals surface area (Å²) in [4.78, 5) is 15.0. The predicted molar refractivity (Wildman–Crippen MR) is 55.5 cm³/mol. The second-order valence-electron chi connectivity index (χ2n) is 4.24. The van der Waals surface area contributed by atoms with Crippen LogP contribution >= 0.6 is 0 Å². The van der Waals surface area contributed by atoms with E-state index in [1.165, 1.54) is 17.7 Å². The van der Waals surface area contributed by atoms with Crippen molar-refractivity contribution in [2.24, 2.45) is 5.92 Å². The van der Waals surface area contributed by atoms with Crippen LogP contribution in [0.25, 0.3) is 0 Å². The summed E-state index contributed by atoms with van der Waals surface area (Å²) < 4.78 is 0. The molecule has 0 spiro atoms. The lowest BCUT2D eigenvalue weighted by molar-refractivity contribution is 0.112. The molecule has 2 rings (SSSR count). The maximum atomic E-state index is 10.6. The third kappa shape index (κ3) is 1.45. The largest absolute Gasteiger partial charge is 0.298 e. The monoisotopic (exact) mass is 189 g/mol. The molecular formula is C12H15NO. The highest BCUT2D eigenvalue weighted by Gasteiger charge is 2.23. The van der Waals surface area contributed by atoms with E-state index in [0.717, 1.165) is 12.7 Å². The van der Waals surface area contributed by atoms with E-state index in [4.69, 9.17) is 0 Å². The van der Waals surface area contributed by atoms with E-state index in [1.807, 2.05) is 6.07 Å². The van der Waals surface area contributed by atoms with Gasteiger partial charge in [0.15, 0.2) is 6.29 Å². The van der Waals surface area contributed by atoms with Crippen LogP contribution in [0.15, 0.2) is 12.3 Å². The van der Waals surface area contributed by atoms with Crippen LogP contribution in [0.1, 0.15) is 47.8 Å². The molecule has 0 aliphatic heterocycles. The van der Waals surface area contributed by atoms with Crippen LogP contribution in [0.2, 0.25) is 0 Å². The van der Waals surface area contributed by atoms with E-state index >= 15 is 0 Å². The van der Waals surface area contributed by atoms with Gasteiger partial charge in [-0.15, -0.1) is 0 Å². The number of carbonyl (C=O) groups is 1. The zero-order chi connectivity index (χ0) is 10.1. The van der Waals surface area contributed by atoms with Gasteiger partial charge in [0.25, 0.3) is 0 Å². The first kappa shape index (κ1) is 9.38. The predicted octanol–water partition coefficient (Wildman–Crippen LogP) is 2.58. The smallest absolute Gasteiger partial charge is 0.151 e. The second kappa shape index (κ2) is 3.52. The van der Waals surface area contributed by atoms with Gasteiger partial charge in [-0.1, -0.05) is 13.8 Å². The first-order valence-electron chi connectivity index (χ1n) is 5.16. The molecule has 14 heavy (non-hydrogen) atoms. The molecule has 2 heteroatoms. The fraction of sp³-hybridized carbons (Fsp3) is 0.500. The lowest BCUT2D eigenvalue weighted by atomic mass is 9.80. The van der Waals surface area contributed by atoms with E-state index in [1.54, 1.807) is 6.20 Å². The van der Waals surface area contributed by atoms with Crippen LogP contribution in [0.3, 0.4) is 0 Å². The molecule has 0 amide bonds. The number of nitrogens with zero attached hydrogens (tertiary/aromatic N) is 1. The lowest BCUT2D eigenvalue weighted by Crippen LogP contribution is -2.17. The van der Waals surface area contributed by atoms with Crippen molar-refractivity contribution in [3.8, 4) is 0 Å². The van der Waals surface area contributed by atoms with E-state index in [-0.39, 0.29) is 0 Å². The summed E-state index contributed by atoms with van der Waals surface area (Å²) in [6, 6.07) is 1.98. The number of aromatic nitrogens is 1. The van der Waals surface area contributed by atoms with Gasteiger partial charge in [-0.05, 0) is 30.4 Å². The highest BCUT2D eigenvalue weighted by molar-refractivity contribution is 5.74. The molecule has 2 atom stereocenters. The van der Waals surface area contributed by atoms with Gasteiger partial charge in [0.05, 0.1) is 0 Å². The highest BCUT2D eigenvalue weighted by atomic mass is 16.1. The zero-order valence-electron chi connectivity index (χ0n) is 8.66. The number of aryl methyl sites for hydroxylation is 1. The minimum atomic E-state index is 0.527. The molecule has 0 N–H and O–H groups in total. The summed E-state index contributed by atoms with van der Waals surface area (Å²) in [7, 11) is 0. The molecule has 0 radical (unpaired) electrons. The molecule has 2 unspecified atom stereocenters. The van der Waals surface area contributed by atoms with Gasteiger partial charge >= 0.3 is 0 Å². The van der Waals surface area contributed by atoms with Crippen LogP contribution in [-0.4, -0.2) is 11.3 Å². The number of hydrogen-bond acceptors (Lipinski definition) is 2. The fourth-order valence-electron chi connectivity index (χ4n) is 2.12. The second-order valence-corrected chi connectivity index (χ2v) is 4.24. The molecule has 2 nitrogen and oxygen atoms in total. The highest BCUT2D eigenvalue weighted by Crippen LogP contribution is 2.34. The molecule has 0 saturated carbocycles. The lowest BCUT2D eigenvalue weighted by Gasteiger charge is -2.27. The normalized spacial score (nSPS) is 25.6. The van der Waals surface area contributed by atoms with Crippen molar-refractivity contribution >= 4 is 6.29 Å². The van der Waals surface area contributed by atoms with Gasteiger partial charge in [0, 0.05) is 23.4 Å². The van der Waals surface area contributed by atoms with Crippen LogP contribution < -0.4 is 0 Å². The summed E-state index contributed by atoms with van der Waals surface area (Å²) in [6.07, 6.45) is 4.82. The van der Waals surface area contributed by atoms with Gasteiger partial charge in [-0.3, -0.25) is 9.78 Å². The Balaban J connectivity index is 2.43. The van der Waals surface area contributed by atoms with Crippen LogP contribution in [0.4, 0.5) is 0 Å². The summed E-state index contributed by atoms with van der Waals surface area (Å²) >= 11 is 0. The Morgan fingerprint density at radius 2 is 2.29 bits per heavy atom. The van der Waals surface area contributed by atoms with Crippen molar-refractivity contribution in [3.05, 3.63) is 29.1 Å². The topological polar surface area (TPSA) is 30.0 Å². The average Bonchev–Trinajstić information content (AvgIpc) is 2.23. The summed E-state index contributed by atoms with van der Waals surface area (Å²) in [5.41, 5.74) is 3.15. The first-order valence-corrected chi connectivity index (χ1v) is 5.16. The maximum Gasteiger partial charge on any atom is 0.151 e. The van der Waals surface area contributed by atoms with E-state index in [2.05, 4.69) is 18.8 Å². The summed E-state index contributed by atoms with van der Waals surface area (Å²) in [6.45, 7) is 4.49. The maximum absolute atomic E-state index is 10.6. The third-order valence-corrected chi connectivity index (χ3v) is 3.31. The van der Waals surface area contributed by atoms with Gasteiger partial charge in [0.1, 0.15) is 0 Å². The van der Waals surface area contributed by atoms with Crippen molar-refractivity contribution in [1.29, 1.82) is 0 Å². The van der Waals surface area contributed by atoms with Crippen molar-refractivity contribution in [1.82, 2.24) is 4.98 Å². The van der Waals surface area contributed by atoms with Crippen molar-refractivity contribution in [3.63, 3.8) is 0 Å². The Hall–Kier alpha value is -1.18. The molecule has 1 heterocycles. The number of rotatable bonds is 1. The average molecular weight is 189 g/mol. The fourth-order valence-corrected chi connectivity index (χ4v) is 2.12. The molecular weight excluding hydrogens is 174 g/mol. The Labute approximate surface area is 84.4 Å². The summed E-state index contributed by atoms with van der Waals surface area (Å²) in [5.74, 6) is 1.23. The Morgan fingerprint density at radius 1 is 1.50 bits per heavy atom. The minimum absolute atomic E-state index is 0.527. The number of fused-ring (bicyclic) bond motifs is 1. The summed E-state index contributed by atoms with van der Waals surface area (Å²) in [5, 5.41) is 0. The number of pyridine rings is 1. The minimum Gasteiger partial charge on any atom is -0.298 e. The molecule has 0 fully saturated rings. The molecule has 1 aliphatic carbocycles. The molecule has 1 aromatic rings. The molecule has 1 aliphatic rings. The SMILES string of the molecule is CC1CCc2cc(C=O)cnc2C1C. The molecule has 0 bridgehead atoms. The zero-order valence-corrected chi connectivity index (χ0v) is 8.66. The van der Waals surface area contributed by atoms with E-state index in [9.17, 15) is 4.79 Å². The van der Waals surface area contributed by atoms with Gasteiger partial charge < -0.3 is 0 Å². The van der Waals surface area contributed by atoms with Gasteiger partial charge in [0.2, 0.25) is 0 Å². The number of hydrogen-bond donors (Lipinski definition) is 0. The van der Waals surface area contributed by atoms with Crippen LogP contribution in [0.5, 0.6) is 0 Å². The number of carbonyl (C=O) groups excluding carboxylic acids is 1.